The minimum absolute atomic E-state index is 0.250. The van der Waals surface area contributed by atoms with E-state index in [9.17, 15) is 5.26 Å². The van der Waals surface area contributed by atoms with Gasteiger partial charge in [-0.05, 0) is 70.4 Å². The standard InChI is InChI=1S/C29H40N4O3.CH3NO/c1-8-21(3)28(33-23-12-10-22(11-13-23)32-15-14-29(4,5)20-30)27-25(31-9-2)18-24(19-26(27)35-7)36-17-16-34-6;2-1-3/h9-13,18-19,32-33H,8,14-17H2,1-7H3;1H,(H2,2,3). The molecule has 0 fully saturated rings. The van der Waals surface area contributed by atoms with Gasteiger partial charge in [0.25, 0.3) is 0 Å². The van der Waals surface area contributed by atoms with Crippen molar-refractivity contribution < 1.29 is 19.0 Å². The van der Waals surface area contributed by atoms with Gasteiger partial charge in [-0.25, -0.2) is 0 Å². The molecule has 212 valence electrons. The van der Waals surface area contributed by atoms with Crippen LogP contribution in [0.25, 0.3) is 5.70 Å². The zero-order chi connectivity index (χ0) is 29.3. The number of nitrogens with one attached hydrogen (secondary N) is 2. The van der Waals surface area contributed by atoms with Crippen LogP contribution in [0.1, 0.15) is 53.0 Å². The van der Waals surface area contributed by atoms with Crippen molar-refractivity contribution in [1.82, 2.24) is 0 Å². The smallest absolute Gasteiger partial charge is 0.204 e. The molecule has 0 aliphatic heterocycles. The van der Waals surface area contributed by atoms with Gasteiger partial charge in [-0.2, -0.15) is 5.26 Å². The molecule has 9 nitrogen and oxygen atoms in total. The third-order valence-corrected chi connectivity index (χ3v) is 5.84. The van der Waals surface area contributed by atoms with Crippen LogP contribution in [0.5, 0.6) is 11.5 Å². The Morgan fingerprint density at radius 1 is 1.15 bits per heavy atom. The van der Waals surface area contributed by atoms with Crippen LogP contribution in [0.3, 0.4) is 0 Å². The Labute approximate surface area is 233 Å². The number of methoxy groups -OCH3 is 2. The molecule has 0 saturated heterocycles. The second-order valence-electron chi connectivity index (χ2n) is 9.27. The zero-order valence-electron chi connectivity index (χ0n) is 24.3. The number of amides is 1. The Morgan fingerprint density at radius 3 is 2.33 bits per heavy atom. The van der Waals surface area contributed by atoms with E-state index >= 15 is 0 Å². The largest absolute Gasteiger partial charge is 0.496 e. The fraction of sp³-hybridized carbons (Fsp3) is 0.433. The van der Waals surface area contributed by atoms with Crippen molar-refractivity contribution in [2.75, 3.05) is 44.6 Å². The topological polar surface area (TPSA) is 131 Å². The Hall–Kier alpha value is -4.03. The summed E-state index contributed by atoms with van der Waals surface area (Å²) >= 11 is 0. The average Bonchev–Trinajstić information content (AvgIpc) is 2.93. The van der Waals surface area contributed by atoms with E-state index in [-0.39, 0.29) is 11.8 Å². The summed E-state index contributed by atoms with van der Waals surface area (Å²) in [6, 6.07) is 14.3. The van der Waals surface area contributed by atoms with Crippen LogP contribution in [0.15, 0.2) is 47.0 Å². The summed E-state index contributed by atoms with van der Waals surface area (Å²) in [5, 5.41) is 16.2. The van der Waals surface area contributed by atoms with E-state index in [1.165, 1.54) is 5.57 Å². The molecule has 2 aromatic carbocycles. The first-order valence-corrected chi connectivity index (χ1v) is 12.9. The van der Waals surface area contributed by atoms with Gasteiger partial charge in [0.15, 0.2) is 0 Å². The number of carbonyl (C=O) groups excluding carboxylic acids is 1. The van der Waals surface area contributed by atoms with Crippen LogP contribution in [-0.4, -0.2) is 46.6 Å². The molecular formula is C30H43N5O4. The minimum Gasteiger partial charge on any atom is -0.496 e. The van der Waals surface area contributed by atoms with Crippen LogP contribution in [-0.2, 0) is 9.53 Å². The third-order valence-electron chi connectivity index (χ3n) is 5.84. The molecule has 39 heavy (non-hydrogen) atoms. The van der Waals surface area contributed by atoms with E-state index in [2.05, 4.69) is 41.3 Å². The van der Waals surface area contributed by atoms with Gasteiger partial charge in [-0.1, -0.05) is 6.92 Å². The molecule has 0 aliphatic carbocycles. The highest BCUT2D eigenvalue weighted by Gasteiger charge is 2.19. The summed E-state index contributed by atoms with van der Waals surface area (Å²) in [6.45, 7) is 11.7. The Kier molecular flexibility index (Phi) is 14.8. The molecule has 0 spiro atoms. The highest BCUT2D eigenvalue weighted by molar-refractivity contribution is 5.89. The first-order valence-electron chi connectivity index (χ1n) is 12.9. The van der Waals surface area contributed by atoms with E-state index in [0.717, 1.165) is 47.7 Å². The molecule has 9 heteroatoms. The second-order valence-corrected chi connectivity index (χ2v) is 9.27. The maximum Gasteiger partial charge on any atom is 0.204 e. The summed E-state index contributed by atoms with van der Waals surface area (Å²) in [7, 11) is 3.30. The number of primary amides is 1. The molecule has 0 heterocycles. The fourth-order valence-electron chi connectivity index (χ4n) is 3.51. The van der Waals surface area contributed by atoms with Crippen LogP contribution in [0.4, 0.5) is 17.1 Å². The Morgan fingerprint density at radius 2 is 1.79 bits per heavy atom. The van der Waals surface area contributed by atoms with Crippen LogP contribution in [0.2, 0.25) is 0 Å². The average molecular weight is 538 g/mol. The van der Waals surface area contributed by atoms with Crippen LogP contribution in [0, 0.1) is 16.7 Å². The highest BCUT2D eigenvalue weighted by Crippen LogP contribution is 2.41. The number of carbonyl (C=O) groups is 1. The number of benzene rings is 2. The molecule has 0 aliphatic rings. The van der Waals surface area contributed by atoms with E-state index < -0.39 is 0 Å². The summed E-state index contributed by atoms with van der Waals surface area (Å²) < 4.78 is 16.8. The van der Waals surface area contributed by atoms with Gasteiger partial charge < -0.3 is 30.6 Å². The number of anilines is 2. The number of aliphatic imine (C=N–C) groups is 1. The molecular weight excluding hydrogens is 494 g/mol. The molecule has 1 amide bonds. The normalized spacial score (nSPS) is 11.5. The van der Waals surface area contributed by atoms with E-state index in [4.69, 9.17) is 19.0 Å². The lowest BCUT2D eigenvalue weighted by Gasteiger charge is -2.21. The Balaban J connectivity index is 0.00000242. The summed E-state index contributed by atoms with van der Waals surface area (Å²) in [6.07, 6.45) is 3.66. The molecule has 0 bridgehead atoms. The lowest BCUT2D eigenvalue weighted by atomic mass is 9.91. The van der Waals surface area contributed by atoms with E-state index in [1.54, 1.807) is 20.4 Å². The number of allylic oxidation sites excluding steroid dienone is 1. The molecule has 0 atom stereocenters. The van der Waals surface area contributed by atoms with Crippen molar-refractivity contribution in [1.29, 1.82) is 5.26 Å². The van der Waals surface area contributed by atoms with Gasteiger partial charge in [0.2, 0.25) is 6.41 Å². The maximum atomic E-state index is 9.20. The first kappa shape index (κ1) is 33.0. The number of ether oxygens (including phenoxy) is 3. The molecule has 0 aromatic heterocycles. The zero-order valence-corrected chi connectivity index (χ0v) is 24.3. The summed E-state index contributed by atoms with van der Waals surface area (Å²) in [5.41, 5.74) is 9.57. The van der Waals surface area contributed by atoms with Crippen molar-refractivity contribution in [2.45, 2.75) is 47.5 Å². The van der Waals surface area contributed by atoms with Gasteiger partial charge in [0, 0.05) is 43.4 Å². The lowest BCUT2D eigenvalue weighted by molar-refractivity contribution is -0.106. The lowest BCUT2D eigenvalue weighted by Crippen LogP contribution is -2.14. The van der Waals surface area contributed by atoms with E-state index in [0.29, 0.717) is 24.7 Å². The van der Waals surface area contributed by atoms with Crippen molar-refractivity contribution in [2.24, 2.45) is 16.1 Å². The number of hydrogen-bond acceptors (Lipinski definition) is 8. The number of hydrogen-bond donors (Lipinski definition) is 3. The minimum atomic E-state index is -0.339. The predicted molar refractivity (Wildman–Crippen MR) is 160 cm³/mol. The van der Waals surface area contributed by atoms with Gasteiger partial charge in [-0.3, -0.25) is 9.79 Å². The van der Waals surface area contributed by atoms with Crippen LogP contribution >= 0.6 is 0 Å². The number of nitrogens with zero attached hydrogens (tertiary/aromatic N) is 2. The molecule has 4 N–H and O–H groups in total. The quantitative estimate of drug-likeness (QED) is 0.150. The van der Waals surface area contributed by atoms with Gasteiger partial charge >= 0.3 is 0 Å². The van der Waals surface area contributed by atoms with Gasteiger partial charge in [-0.15, -0.1) is 0 Å². The van der Waals surface area contributed by atoms with Crippen molar-refractivity contribution in [3.8, 4) is 17.6 Å². The first-order chi connectivity index (χ1) is 18.7. The predicted octanol–water partition coefficient (Wildman–Crippen LogP) is 6.15. The molecule has 0 unspecified atom stereocenters. The number of nitriles is 1. The monoisotopic (exact) mass is 537 g/mol. The summed E-state index contributed by atoms with van der Waals surface area (Å²) in [5.74, 6) is 1.36. The van der Waals surface area contributed by atoms with Gasteiger partial charge in [0.1, 0.15) is 18.1 Å². The molecule has 0 radical (unpaired) electrons. The van der Waals surface area contributed by atoms with Crippen molar-refractivity contribution in [3.63, 3.8) is 0 Å². The highest BCUT2D eigenvalue weighted by atomic mass is 16.5. The third kappa shape index (κ3) is 11.1. The molecule has 0 saturated carbocycles. The number of rotatable bonds is 14. The fourth-order valence-corrected chi connectivity index (χ4v) is 3.51. The van der Waals surface area contributed by atoms with Crippen LogP contribution < -0.4 is 25.8 Å². The molecule has 2 rings (SSSR count). The summed E-state index contributed by atoms with van der Waals surface area (Å²) in [4.78, 5) is 13.2. The SMILES string of the molecule is CC=Nc1cc(OCCOC)cc(OC)c1C(Nc1ccc(NCCC(C)(C)C#N)cc1)=C(C)CC.NC=O. The van der Waals surface area contributed by atoms with Gasteiger partial charge in [0.05, 0.1) is 42.1 Å². The van der Waals surface area contributed by atoms with Crippen molar-refractivity contribution in [3.05, 3.63) is 47.5 Å². The maximum absolute atomic E-state index is 9.20. The second kappa shape index (κ2) is 17.5. The van der Waals surface area contributed by atoms with E-state index in [1.807, 2.05) is 57.2 Å². The number of nitrogens with two attached hydrogens (primary N) is 1. The Bertz CT molecular complexity index is 1140. The molecule has 2 aromatic rings. The van der Waals surface area contributed by atoms with Crippen molar-refractivity contribution >= 4 is 35.4 Å².